The van der Waals surface area contributed by atoms with Crippen molar-refractivity contribution in [3.05, 3.63) is 108 Å². The van der Waals surface area contributed by atoms with E-state index in [1.54, 1.807) is 24.3 Å². The Balaban J connectivity index is 1.62. The van der Waals surface area contributed by atoms with E-state index in [4.69, 9.17) is 4.42 Å². The van der Waals surface area contributed by atoms with Crippen molar-refractivity contribution < 1.29 is 22.4 Å². The fraction of sp³-hybridized carbons (Fsp3) is 0.0870. The number of alkyl halides is 3. The van der Waals surface area contributed by atoms with Gasteiger partial charge in [-0.3, -0.25) is 4.79 Å². The summed E-state index contributed by atoms with van der Waals surface area (Å²) in [6.45, 7) is 0. The number of carbonyl (C=O) groups excluding carboxylic acids is 1. The molecule has 1 atom stereocenters. The fourth-order valence-electron chi connectivity index (χ4n) is 3.01. The van der Waals surface area contributed by atoms with Crippen molar-refractivity contribution in [1.82, 2.24) is 15.5 Å². The van der Waals surface area contributed by atoms with Crippen molar-refractivity contribution in [3.8, 4) is 11.5 Å². The molecule has 0 unspecified atom stereocenters. The molecule has 1 amide bonds. The van der Waals surface area contributed by atoms with Crippen LogP contribution in [0.5, 0.6) is 0 Å². The number of nitrogens with one attached hydrogen (secondary N) is 1. The Morgan fingerprint density at radius 1 is 0.839 bits per heavy atom. The number of amides is 1. The van der Waals surface area contributed by atoms with Crippen LogP contribution < -0.4 is 5.32 Å². The number of hydrogen-bond acceptors (Lipinski definition) is 4. The highest BCUT2D eigenvalue weighted by molar-refractivity contribution is 5.94. The zero-order chi connectivity index (χ0) is 21.8. The Bertz CT molecular complexity index is 1160. The van der Waals surface area contributed by atoms with Crippen LogP contribution >= 0.6 is 0 Å². The van der Waals surface area contributed by atoms with Gasteiger partial charge in [-0.05, 0) is 42.0 Å². The van der Waals surface area contributed by atoms with Crippen molar-refractivity contribution in [1.29, 1.82) is 0 Å². The Morgan fingerprint density at radius 2 is 1.45 bits per heavy atom. The molecule has 5 nitrogen and oxygen atoms in total. The number of nitrogens with zero attached hydrogens (tertiary/aromatic N) is 2. The first-order valence-electron chi connectivity index (χ1n) is 9.34. The van der Waals surface area contributed by atoms with Gasteiger partial charge in [-0.25, -0.2) is 0 Å². The fourth-order valence-corrected chi connectivity index (χ4v) is 3.01. The van der Waals surface area contributed by atoms with E-state index < -0.39 is 23.7 Å². The lowest BCUT2D eigenvalue weighted by Gasteiger charge is -2.16. The summed E-state index contributed by atoms with van der Waals surface area (Å²) in [5.41, 5.74) is 0.665. The highest BCUT2D eigenvalue weighted by atomic mass is 19.4. The largest absolute Gasteiger partial charge is 0.418 e. The molecule has 3 aromatic carbocycles. The molecule has 0 saturated heterocycles. The molecule has 0 radical (unpaired) electrons. The van der Waals surface area contributed by atoms with Gasteiger partial charge in [0.1, 0.15) is 6.04 Å². The summed E-state index contributed by atoms with van der Waals surface area (Å²) in [5, 5.41) is 10.9. The van der Waals surface area contributed by atoms with Gasteiger partial charge in [0.05, 0.1) is 5.56 Å². The number of carbonyl (C=O) groups is 1. The topological polar surface area (TPSA) is 68.0 Å². The molecule has 1 heterocycles. The standard InChI is InChI=1S/C23H16F3N3O2/c24-23(25,26)18-13-11-16(12-14-18)20(30)27-19(15-7-3-1-4-8-15)22-29-28-21(31-22)17-9-5-2-6-10-17/h1-14,19H,(H,27,30)/t19-/m0/s1. The number of aromatic nitrogens is 2. The monoisotopic (exact) mass is 423 g/mol. The summed E-state index contributed by atoms with van der Waals surface area (Å²) in [6.07, 6.45) is -4.47. The van der Waals surface area contributed by atoms with E-state index in [0.29, 0.717) is 11.5 Å². The average molecular weight is 423 g/mol. The van der Waals surface area contributed by atoms with Gasteiger partial charge < -0.3 is 9.73 Å². The predicted octanol–water partition coefficient (Wildman–Crippen LogP) is 5.27. The van der Waals surface area contributed by atoms with Crippen LogP contribution in [0, 0.1) is 0 Å². The average Bonchev–Trinajstić information content (AvgIpc) is 3.28. The van der Waals surface area contributed by atoms with Gasteiger partial charge in [0.15, 0.2) is 0 Å². The van der Waals surface area contributed by atoms with Gasteiger partial charge in [-0.15, -0.1) is 10.2 Å². The van der Waals surface area contributed by atoms with E-state index in [1.165, 1.54) is 0 Å². The molecule has 0 aliphatic rings. The van der Waals surface area contributed by atoms with Gasteiger partial charge in [-0.1, -0.05) is 48.5 Å². The molecule has 0 aliphatic carbocycles. The Labute approximate surface area is 175 Å². The molecule has 4 aromatic rings. The Morgan fingerprint density at radius 3 is 2.06 bits per heavy atom. The van der Waals surface area contributed by atoms with Crippen molar-refractivity contribution in [2.45, 2.75) is 12.2 Å². The Kier molecular flexibility index (Phi) is 5.53. The van der Waals surface area contributed by atoms with Crippen molar-refractivity contribution >= 4 is 5.91 Å². The first-order valence-corrected chi connectivity index (χ1v) is 9.34. The van der Waals surface area contributed by atoms with Gasteiger partial charge in [0.25, 0.3) is 5.91 Å². The third-order valence-electron chi connectivity index (χ3n) is 4.59. The molecule has 1 N–H and O–H groups in total. The molecule has 1 aromatic heterocycles. The second-order valence-electron chi connectivity index (χ2n) is 6.70. The highest BCUT2D eigenvalue weighted by Gasteiger charge is 2.30. The zero-order valence-electron chi connectivity index (χ0n) is 16.0. The molecule has 0 fully saturated rings. The maximum Gasteiger partial charge on any atom is 0.416 e. The molecule has 0 saturated carbocycles. The van der Waals surface area contributed by atoms with Crippen LogP contribution in [0.25, 0.3) is 11.5 Å². The van der Waals surface area contributed by atoms with Gasteiger partial charge in [-0.2, -0.15) is 13.2 Å². The minimum Gasteiger partial charge on any atom is -0.418 e. The number of halogens is 3. The van der Waals surface area contributed by atoms with Gasteiger partial charge >= 0.3 is 6.18 Å². The van der Waals surface area contributed by atoms with E-state index >= 15 is 0 Å². The molecule has 0 spiro atoms. The molecule has 8 heteroatoms. The van der Waals surface area contributed by atoms with Gasteiger partial charge in [0.2, 0.25) is 11.8 Å². The molecular formula is C23H16F3N3O2. The van der Waals surface area contributed by atoms with Crippen LogP contribution in [0.2, 0.25) is 0 Å². The van der Waals surface area contributed by atoms with Crippen LogP contribution in [-0.4, -0.2) is 16.1 Å². The van der Waals surface area contributed by atoms with Crippen molar-refractivity contribution in [3.63, 3.8) is 0 Å². The van der Waals surface area contributed by atoms with Crippen LogP contribution in [0.1, 0.15) is 33.4 Å². The number of rotatable bonds is 5. The van der Waals surface area contributed by atoms with E-state index in [2.05, 4.69) is 15.5 Å². The molecule has 156 valence electrons. The van der Waals surface area contributed by atoms with Crippen molar-refractivity contribution in [2.75, 3.05) is 0 Å². The summed E-state index contributed by atoms with van der Waals surface area (Å²) in [4.78, 5) is 12.8. The smallest absolute Gasteiger partial charge is 0.416 e. The van der Waals surface area contributed by atoms with E-state index in [1.807, 2.05) is 36.4 Å². The quantitative estimate of drug-likeness (QED) is 0.475. The third-order valence-corrected chi connectivity index (χ3v) is 4.59. The first kappa shape index (κ1) is 20.3. The molecule has 0 aliphatic heterocycles. The summed E-state index contributed by atoms with van der Waals surface area (Å²) < 4.78 is 44.2. The number of benzene rings is 3. The first-order chi connectivity index (χ1) is 14.9. The van der Waals surface area contributed by atoms with Gasteiger partial charge in [0, 0.05) is 11.1 Å². The minimum absolute atomic E-state index is 0.0803. The van der Waals surface area contributed by atoms with Crippen LogP contribution in [0.4, 0.5) is 13.2 Å². The summed E-state index contributed by atoms with van der Waals surface area (Å²) in [7, 11) is 0. The highest BCUT2D eigenvalue weighted by Crippen LogP contribution is 2.29. The SMILES string of the molecule is O=C(N[C@@H](c1ccccc1)c1nnc(-c2ccccc2)o1)c1ccc(C(F)(F)F)cc1. The van der Waals surface area contributed by atoms with E-state index in [0.717, 1.165) is 29.8 Å². The normalized spacial score (nSPS) is 12.4. The minimum atomic E-state index is -4.47. The molecule has 0 bridgehead atoms. The molecular weight excluding hydrogens is 407 g/mol. The third kappa shape index (κ3) is 4.63. The maximum absolute atomic E-state index is 12.8. The van der Waals surface area contributed by atoms with Crippen LogP contribution in [0.3, 0.4) is 0 Å². The van der Waals surface area contributed by atoms with E-state index in [-0.39, 0.29) is 11.5 Å². The van der Waals surface area contributed by atoms with Crippen molar-refractivity contribution in [2.24, 2.45) is 0 Å². The molecule has 4 rings (SSSR count). The van der Waals surface area contributed by atoms with Crippen LogP contribution in [0.15, 0.2) is 89.3 Å². The summed E-state index contributed by atoms with van der Waals surface area (Å²) in [6, 6.07) is 21.3. The van der Waals surface area contributed by atoms with Crippen LogP contribution in [-0.2, 0) is 6.18 Å². The molecule has 31 heavy (non-hydrogen) atoms. The zero-order valence-corrected chi connectivity index (χ0v) is 16.0. The maximum atomic E-state index is 12.8. The lowest BCUT2D eigenvalue weighted by Crippen LogP contribution is -2.29. The summed E-state index contributed by atoms with van der Waals surface area (Å²) >= 11 is 0. The van der Waals surface area contributed by atoms with E-state index in [9.17, 15) is 18.0 Å². The number of hydrogen-bond donors (Lipinski definition) is 1. The summed E-state index contributed by atoms with van der Waals surface area (Å²) in [5.74, 6) is -0.118. The predicted molar refractivity (Wildman–Crippen MR) is 107 cm³/mol. The second kappa shape index (κ2) is 8.43. The second-order valence-corrected chi connectivity index (χ2v) is 6.70. The lowest BCUT2D eigenvalue weighted by molar-refractivity contribution is -0.137. The Hall–Kier alpha value is -3.94. The lowest BCUT2D eigenvalue weighted by atomic mass is 10.1.